The lowest BCUT2D eigenvalue weighted by atomic mass is 9.87. The molecule has 1 heterocycles. The van der Waals surface area contributed by atoms with E-state index in [0.717, 1.165) is 17.1 Å². The molecule has 106 valence electrons. The van der Waals surface area contributed by atoms with Gasteiger partial charge in [0, 0.05) is 12.7 Å². The number of hydrogen-bond acceptors (Lipinski definition) is 3. The summed E-state index contributed by atoms with van der Waals surface area (Å²) < 4.78 is 0. The zero-order valence-corrected chi connectivity index (χ0v) is 12.9. The fraction of sp³-hybridized carbons (Fsp3) is 0.353. The molecule has 0 amide bonds. The Morgan fingerprint density at radius 2 is 1.70 bits per heavy atom. The van der Waals surface area contributed by atoms with Crippen molar-refractivity contribution in [3.8, 4) is 0 Å². The van der Waals surface area contributed by atoms with Crippen molar-refractivity contribution >= 4 is 17.2 Å². The van der Waals surface area contributed by atoms with Gasteiger partial charge in [-0.2, -0.15) is 0 Å². The molecule has 0 unspecified atom stereocenters. The van der Waals surface area contributed by atoms with Crippen LogP contribution in [-0.2, 0) is 5.41 Å². The van der Waals surface area contributed by atoms with Gasteiger partial charge in [0.2, 0.25) is 0 Å². The SMILES string of the molecule is Cc1cc(N)cnc1N(C)c1ccc(C(C)(C)C)cc1. The summed E-state index contributed by atoms with van der Waals surface area (Å²) in [5.41, 5.74) is 10.2. The van der Waals surface area contributed by atoms with Crippen LogP contribution in [0, 0.1) is 6.92 Å². The molecule has 0 aliphatic carbocycles. The number of pyridine rings is 1. The van der Waals surface area contributed by atoms with Crippen LogP contribution in [0.4, 0.5) is 17.2 Å². The molecule has 2 aromatic rings. The fourth-order valence-electron chi connectivity index (χ4n) is 2.25. The molecule has 0 spiro atoms. The number of aryl methyl sites for hydroxylation is 1. The first kappa shape index (κ1) is 14.4. The van der Waals surface area contributed by atoms with Crippen LogP contribution in [0.5, 0.6) is 0 Å². The normalized spacial score (nSPS) is 11.4. The highest BCUT2D eigenvalue weighted by atomic mass is 15.2. The molecular weight excluding hydrogens is 246 g/mol. The van der Waals surface area contributed by atoms with Crippen LogP contribution in [0.1, 0.15) is 31.9 Å². The number of benzene rings is 1. The van der Waals surface area contributed by atoms with E-state index in [1.54, 1.807) is 6.20 Å². The topological polar surface area (TPSA) is 42.1 Å². The van der Waals surface area contributed by atoms with E-state index in [4.69, 9.17) is 5.73 Å². The second-order valence-corrected chi connectivity index (χ2v) is 6.27. The number of hydrogen-bond donors (Lipinski definition) is 1. The van der Waals surface area contributed by atoms with Crippen LogP contribution in [0.2, 0.25) is 0 Å². The average Bonchev–Trinajstić information content (AvgIpc) is 2.37. The Hall–Kier alpha value is -2.03. The second kappa shape index (κ2) is 5.16. The van der Waals surface area contributed by atoms with Crippen molar-refractivity contribution in [1.29, 1.82) is 0 Å². The number of anilines is 3. The highest BCUT2D eigenvalue weighted by Gasteiger charge is 2.14. The Kier molecular flexibility index (Phi) is 3.71. The van der Waals surface area contributed by atoms with E-state index < -0.39 is 0 Å². The molecule has 1 aromatic heterocycles. The predicted octanol–water partition coefficient (Wildman–Crippen LogP) is 4.04. The minimum Gasteiger partial charge on any atom is -0.397 e. The number of nitrogens with zero attached hydrogens (tertiary/aromatic N) is 2. The van der Waals surface area contributed by atoms with Crippen molar-refractivity contribution in [3.63, 3.8) is 0 Å². The summed E-state index contributed by atoms with van der Waals surface area (Å²) in [4.78, 5) is 6.51. The maximum atomic E-state index is 5.75. The third-order valence-corrected chi connectivity index (χ3v) is 3.51. The minimum absolute atomic E-state index is 0.173. The van der Waals surface area contributed by atoms with Crippen molar-refractivity contribution in [2.45, 2.75) is 33.1 Å². The van der Waals surface area contributed by atoms with Crippen molar-refractivity contribution in [3.05, 3.63) is 47.7 Å². The maximum absolute atomic E-state index is 5.75. The van der Waals surface area contributed by atoms with Gasteiger partial charge in [-0.25, -0.2) is 4.98 Å². The minimum atomic E-state index is 0.173. The van der Waals surface area contributed by atoms with Gasteiger partial charge in [-0.1, -0.05) is 32.9 Å². The third kappa shape index (κ3) is 2.93. The highest BCUT2D eigenvalue weighted by Crippen LogP contribution is 2.28. The molecule has 0 atom stereocenters. The Labute approximate surface area is 121 Å². The third-order valence-electron chi connectivity index (χ3n) is 3.51. The van der Waals surface area contributed by atoms with Crippen molar-refractivity contribution in [1.82, 2.24) is 4.98 Å². The monoisotopic (exact) mass is 269 g/mol. The zero-order valence-electron chi connectivity index (χ0n) is 12.9. The lowest BCUT2D eigenvalue weighted by Gasteiger charge is -2.23. The smallest absolute Gasteiger partial charge is 0.135 e. The van der Waals surface area contributed by atoms with Gasteiger partial charge < -0.3 is 10.6 Å². The van der Waals surface area contributed by atoms with Crippen molar-refractivity contribution in [2.24, 2.45) is 0 Å². The predicted molar refractivity (Wildman–Crippen MR) is 86.6 cm³/mol. The van der Waals surface area contributed by atoms with Gasteiger partial charge in [0.15, 0.2) is 0 Å². The largest absolute Gasteiger partial charge is 0.397 e. The van der Waals surface area contributed by atoms with Gasteiger partial charge in [0.05, 0.1) is 11.9 Å². The molecule has 0 fully saturated rings. The summed E-state index contributed by atoms with van der Waals surface area (Å²) in [6.45, 7) is 8.69. The zero-order chi connectivity index (χ0) is 14.9. The lowest BCUT2D eigenvalue weighted by molar-refractivity contribution is 0.590. The van der Waals surface area contributed by atoms with Gasteiger partial charge in [-0.3, -0.25) is 0 Å². The molecule has 0 aliphatic rings. The molecular formula is C17H23N3. The summed E-state index contributed by atoms with van der Waals surface area (Å²) >= 11 is 0. The number of rotatable bonds is 2. The molecule has 3 nitrogen and oxygen atoms in total. The van der Waals surface area contributed by atoms with Crippen molar-refractivity contribution < 1.29 is 0 Å². The molecule has 0 aliphatic heterocycles. The fourth-order valence-corrected chi connectivity index (χ4v) is 2.25. The maximum Gasteiger partial charge on any atom is 0.135 e. The van der Waals surface area contributed by atoms with Gasteiger partial charge in [0.25, 0.3) is 0 Å². The van der Waals surface area contributed by atoms with E-state index in [1.807, 2.05) is 20.0 Å². The van der Waals surface area contributed by atoms with E-state index in [0.29, 0.717) is 5.69 Å². The van der Waals surface area contributed by atoms with Crippen LogP contribution in [-0.4, -0.2) is 12.0 Å². The van der Waals surface area contributed by atoms with E-state index in [2.05, 4.69) is 54.9 Å². The molecule has 0 radical (unpaired) electrons. The first-order valence-corrected chi connectivity index (χ1v) is 6.85. The molecule has 3 heteroatoms. The molecule has 0 bridgehead atoms. The molecule has 20 heavy (non-hydrogen) atoms. The summed E-state index contributed by atoms with van der Waals surface area (Å²) in [6.07, 6.45) is 1.70. The summed E-state index contributed by atoms with van der Waals surface area (Å²) in [6, 6.07) is 10.6. The van der Waals surface area contributed by atoms with Crippen LogP contribution < -0.4 is 10.6 Å². The summed E-state index contributed by atoms with van der Waals surface area (Å²) in [5.74, 6) is 0.933. The number of aromatic nitrogens is 1. The summed E-state index contributed by atoms with van der Waals surface area (Å²) in [7, 11) is 2.03. The van der Waals surface area contributed by atoms with Crippen LogP contribution >= 0.6 is 0 Å². The standard InChI is InChI=1S/C17H23N3/c1-12-10-14(18)11-19-16(12)20(5)15-8-6-13(7-9-15)17(2,3)4/h6-11H,18H2,1-5H3. The van der Waals surface area contributed by atoms with Crippen LogP contribution in [0.15, 0.2) is 36.5 Å². The number of nitrogen functional groups attached to an aromatic ring is 1. The highest BCUT2D eigenvalue weighted by molar-refractivity contribution is 5.64. The van der Waals surface area contributed by atoms with Crippen molar-refractivity contribution in [2.75, 3.05) is 17.7 Å². The van der Waals surface area contributed by atoms with Gasteiger partial charge >= 0.3 is 0 Å². The van der Waals surface area contributed by atoms with Crippen LogP contribution in [0.3, 0.4) is 0 Å². The molecule has 1 aromatic carbocycles. The van der Waals surface area contributed by atoms with E-state index in [9.17, 15) is 0 Å². The van der Waals surface area contributed by atoms with Gasteiger partial charge in [-0.05, 0) is 41.7 Å². The Morgan fingerprint density at radius 1 is 1.10 bits per heavy atom. The summed E-state index contributed by atoms with van der Waals surface area (Å²) in [5, 5.41) is 0. The molecule has 2 rings (SSSR count). The lowest BCUT2D eigenvalue weighted by Crippen LogP contribution is -2.14. The Bertz CT molecular complexity index is 595. The van der Waals surface area contributed by atoms with E-state index in [1.165, 1.54) is 5.56 Å². The Balaban J connectivity index is 2.31. The van der Waals surface area contributed by atoms with Crippen LogP contribution in [0.25, 0.3) is 0 Å². The number of nitrogens with two attached hydrogens (primary N) is 1. The Morgan fingerprint density at radius 3 is 2.20 bits per heavy atom. The van der Waals surface area contributed by atoms with Gasteiger partial charge in [-0.15, -0.1) is 0 Å². The first-order valence-electron chi connectivity index (χ1n) is 6.85. The molecule has 0 saturated heterocycles. The van der Waals surface area contributed by atoms with E-state index in [-0.39, 0.29) is 5.41 Å². The first-order chi connectivity index (χ1) is 9.29. The quantitative estimate of drug-likeness (QED) is 0.894. The second-order valence-electron chi connectivity index (χ2n) is 6.27. The molecule has 0 saturated carbocycles. The van der Waals surface area contributed by atoms with Gasteiger partial charge in [0.1, 0.15) is 5.82 Å². The molecule has 2 N–H and O–H groups in total. The average molecular weight is 269 g/mol. The van der Waals surface area contributed by atoms with E-state index >= 15 is 0 Å².